The number of carbonyl (C=O) groups is 1. The van der Waals surface area contributed by atoms with E-state index >= 15 is 0 Å². The van der Waals surface area contributed by atoms with Gasteiger partial charge < -0.3 is 10.4 Å². The fourth-order valence-corrected chi connectivity index (χ4v) is 2.02. The summed E-state index contributed by atoms with van der Waals surface area (Å²) in [6, 6.07) is 3.70. The molecule has 0 saturated carbocycles. The van der Waals surface area contributed by atoms with Crippen molar-refractivity contribution >= 4 is 11.8 Å². The first-order valence-corrected chi connectivity index (χ1v) is 5.22. The van der Waals surface area contributed by atoms with Gasteiger partial charge in [0.25, 0.3) is 0 Å². The fourth-order valence-electron chi connectivity index (χ4n) is 2.02. The van der Waals surface area contributed by atoms with E-state index in [-0.39, 0.29) is 4.59 Å². The Balaban J connectivity index is 2.29. The molecule has 1 amide bonds. The van der Waals surface area contributed by atoms with Crippen LogP contribution in [-0.4, -0.2) is 42.4 Å². The molecule has 0 atom stereocenters. The van der Waals surface area contributed by atoms with Gasteiger partial charge >= 0.3 is 6.09 Å². The Morgan fingerprint density at radius 2 is 2.00 bits per heavy atom. The van der Waals surface area contributed by atoms with Crippen molar-refractivity contribution < 1.29 is 9.90 Å². The van der Waals surface area contributed by atoms with Gasteiger partial charge in [0.2, 0.25) is 0 Å². The van der Waals surface area contributed by atoms with Crippen molar-refractivity contribution in [1.29, 1.82) is 0 Å². The molecule has 1 saturated heterocycles. The van der Waals surface area contributed by atoms with E-state index in [4.69, 9.17) is 5.11 Å². The minimum absolute atomic E-state index is 0.269. The number of pyridine rings is 1. The van der Waals surface area contributed by atoms with Crippen molar-refractivity contribution in [3.05, 3.63) is 24.5 Å². The van der Waals surface area contributed by atoms with E-state index in [9.17, 15) is 4.79 Å². The molecule has 0 bridgehead atoms. The highest BCUT2D eigenvalue weighted by molar-refractivity contribution is 5.66. The maximum absolute atomic E-state index is 10.9. The first kappa shape index (κ1) is 10.8. The Morgan fingerprint density at radius 3 is 2.56 bits per heavy atom. The van der Waals surface area contributed by atoms with Gasteiger partial charge in [-0.2, -0.15) is 10.0 Å². The van der Waals surface area contributed by atoms with E-state index in [1.54, 1.807) is 12.4 Å². The normalized spacial score (nSPS) is 19.0. The van der Waals surface area contributed by atoms with E-state index in [1.165, 1.54) is 0 Å². The maximum Gasteiger partial charge on any atom is 0.449 e. The van der Waals surface area contributed by atoms with Crippen LogP contribution < -0.4 is 15.3 Å². The summed E-state index contributed by atoms with van der Waals surface area (Å²) in [6.07, 6.45) is 2.36. The van der Waals surface area contributed by atoms with Crippen molar-refractivity contribution in [2.45, 2.75) is 0 Å². The second-order valence-corrected chi connectivity index (χ2v) is 3.79. The molecule has 16 heavy (non-hydrogen) atoms. The van der Waals surface area contributed by atoms with Gasteiger partial charge in [0.15, 0.2) is 5.69 Å². The third kappa shape index (κ3) is 2.12. The Bertz CT molecular complexity index is 362. The van der Waals surface area contributed by atoms with E-state index in [0.717, 1.165) is 18.8 Å². The molecule has 3 N–H and O–H groups in total. The van der Waals surface area contributed by atoms with Crippen LogP contribution in [0.1, 0.15) is 0 Å². The zero-order valence-electron chi connectivity index (χ0n) is 8.89. The molecule has 2 rings (SSSR count). The number of hydrogen-bond acceptors (Lipinski definition) is 3. The minimum atomic E-state index is -1.00. The van der Waals surface area contributed by atoms with Crippen LogP contribution >= 0.6 is 0 Å². The average Bonchev–Trinajstić information content (AvgIpc) is 2.30. The monoisotopic (exact) mass is 223 g/mol. The van der Waals surface area contributed by atoms with Gasteiger partial charge in [-0.25, -0.2) is 4.79 Å². The van der Waals surface area contributed by atoms with Crippen LogP contribution in [0.4, 0.5) is 10.5 Å². The number of amides is 1. The molecule has 0 aromatic carbocycles. The van der Waals surface area contributed by atoms with Gasteiger partial charge in [-0.3, -0.25) is 4.98 Å². The first-order valence-electron chi connectivity index (χ1n) is 5.22. The zero-order chi connectivity index (χ0) is 11.4. The molecule has 1 aromatic heterocycles. The lowest BCUT2D eigenvalue weighted by atomic mass is 10.2. The molecular formula is C10H15N4O2+. The molecule has 0 radical (unpaired) electrons. The predicted octanol–water partition coefficient (Wildman–Crippen LogP) is 0.175. The van der Waals surface area contributed by atoms with Crippen molar-refractivity contribution in [3.63, 3.8) is 0 Å². The molecule has 1 aliphatic heterocycles. The van der Waals surface area contributed by atoms with Crippen molar-refractivity contribution in [2.75, 3.05) is 26.2 Å². The summed E-state index contributed by atoms with van der Waals surface area (Å²) in [7, 11) is 0. The topological polar surface area (TPSA) is 74.2 Å². The highest BCUT2D eigenvalue weighted by atomic mass is 16.4. The highest BCUT2D eigenvalue weighted by Gasteiger charge is 2.34. The molecular weight excluding hydrogens is 208 g/mol. The Kier molecular flexibility index (Phi) is 3.02. The number of carboxylic acid groups (broad SMARTS) is 1. The molecule has 0 aliphatic carbocycles. The van der Waals surface area contributed by atoms with Crippen LogP contribution in [0.25, 0.3) is 0 Å². The summed E-state index contributed by atoms with van der Waals surface area (Å²) in [5.41, 5.74) is 3.53. The Hall–Kier alpha value is -1.66. The fraction of sp³-hybridized carbons (Fsp3) is 0.400. The number of piperazine rings is 1. The molecule has 1 aliphatic rings. The summed E-state index contributed by atoms with van der Waals surface area (Å²) in [4.78, 5) is 14.8. The number of rotatable bonds is 2. The number of hydrogen-bond donors (Lipinski definition) is 3. The zero-order valence-corrected chi connectivity index (χ0v) is 8.89. The molecule has 6 heteroatoms. The second-order valence-electron chi connectivity index (χ2n) is 3.79. The van der Waals surface area contributed by atoms with Gasteiger partial charge in [0, 0.05) is 37.6 Å². The smallest absolute Gasteiger partial charge is 0.449 e. The summed E-state index contributed by atoms with van der Waals surface area (Å²) >= 11 is 0. The Morgan fingerprint density at radius 1 is 1.38 bits per heavy atom. The number of aromatic nitrogens is 1. The lowest BCUT2D eigenvalue weighted by Crippen LogP contribution is -2.68. The highest BCUT2D eigenvalue weighted by Crippen LogP contribution is 2.20. The molecule has 1 fully saturated rings. The average molecular weight is 223 g/mol. The van der Waals surface area contributed by atoms with Crippen LogP contribution in [0.5, 0.6) is 0 Å². The van der Waals surface area contributed by atoms with Crippen LogP contribution in [0.2, 0.25) is 0 Å². The molecule has 0 spiro atoms. The SMILES string of the molecule is O=C(O)N[N+]1(c2ccncc2)CCNCC1. The van der Waals surface area contributed by atoms with Crippen LogP contribution in [0.3, 0.4) is 0 Å². The van der Waals surface area contributed by atoms with E-state index < -0.39 is 6.09 Å². The lowest BCUT2D eigenvalue weighted by Gasteiger charge is -2.38. The molecule has 86 valence electrons. The minimum Gasteiger partial charge on any atom is -0.462 e. The number of nitrogens with one attached hydrogen (secondary N) is 2. The Labute approximate surface area is 93.5 Å². The van der Waals surface area contributed by atoms with Crippen molar-refractivity contribution in [1.82, 2.24) is 20.3 Å². The van der Waals surface area contributed by atoms with Gasteiger partial charge in [-0.15, -0.1) is 0 Å². The summed E-state index contributed by atoms with van der Waals surface area (Å²) in [5.74, 6) is 0. The van der Waals surface area contributed by atoms with Gasteiger partial charge in [-0.1, -0.05) is 0 Å². The standard InChI is InChI=1S/C10H14N4O2/c15-10(16)13-14(7-5-12-6-8-14)9-1-3-11-4-2-9/h1-4,12-13H,5-8H2/p+1. The van der Waals surface area contributed by atoms with Crippen LogP contribution in [-0.2, 0) is 0 Å². The lowest BCUT2D eigenvalue weighted by molar-refractivity contribution is 0.131. The summed E-state index contributed by atoms with van der Waals surface area (Å²) < 4.78 is 0.269. The maximum atomic E-state index is 10.9. The largest absolute Gasteiger partial charge is 0.462 e. The van der Waals surface area contributed by atoms with Gasteiger partial charge in [0.1, 0.15) is 13.1 Å². The van der Waals surface area contributed by atoms with Crippen LogP contribution in [0.15, 0.2) is 24.5 Å². The van der Waals surface area contributed by atoms with Crippen LogP contribution in [0, 0.1) is 0 Å². The number of nitrogens with zero attached hydrogens (tertiary/aromatic N) is 2. The summed E-state index contributed by atoms with van der Waals surface area (Å²) in [5, 5.41) is 12.1. The quantitative estimate of drug-likeness (QED) is 0.625. The molecule has 2 heterocycles. The van der Waals surface area contributed by atoms with Gasteiger partial charge in [-0.05, 0) is 0 Å². The van der Waals surface area contributed by atoms with E-state index in [2.05, 4.69) is 15.7 Å². The van der Waals surface area contributed by atoms with Crippen molar-refractivity contribution in [2.24, 2.45) is 0 Å². The van der Waals surface area contributed by atoms with E-state index in [0.29, 0.717) is 13.1 Å². The third-order valence-electron chi connectivity index (χ3n) is 2.81. The number of quaternary nitrogens is 1. The second kappa shape index (κ2) is 4.46. The first-order chi connectivity index (χ1) is 7.73. The molecule has 6 nitrogen and oxygen atoms in total. The van der Waals surface area contributed by atoms with E-state index in [1.807, 2.05) is 12.1 Å². The molecule has 0 unspecified atom stereocenters. The van der Waals surface area contributed by atoms with Crippen molar-refractivity contribution in [3.8, 4) is 0 Å². The summed E-state index contributed by atoms with van der Waals surface area (Å²) in [6.45, 7) is 3.00. The third-order valence-corrected chi connectivity index (χ3v) is 2.81. The van der Waals surface area contributed by atoms with Gasteiger partial charge in [0.05, 0.1) is 0 Å². The predicted molar refractivity (Wildman–Crippen MR) is 59.8 cm³/mol. The molecule has 1 aromatic rings.